The first kappa shape index (κ1) is 25.1. The maximum atomic E-state index is 11.0. The van der Waals surface area contributed by atoms with E-state index < -0.39 is 4.92 Å². The van der Waals surface area contributed by atoms with E-state index in [-0.39, 0.29) is 11.7 Å². The Balaban J connectivity index is 1.64. The van der Waals surface area contributed by atoms with Crippen molar-refractivity contribution >= 4 is 28.7 Å². The number of anilines is 1. The molecule has 0 fully saturated rings. The van der Waals surface area contributed by atoms with Gasteiger partial charge in [0.2, 0.25) is 0 Å². The summed E-state index contributed by atoms with van der Waals surface area (Å²) in [4.78, 5) is 12.6. The standard InChI is InChI=1S/C26H27N3O6S/c1-32-22-6-4-5-7-23(22)35-16-21-20-15-25(34-3)24(33-2)14-17(20)12-13-28(21)26(36)27-18-8-10-19(11-9-18)29(30)31/h4-11,14-15,21H,12-13,16H2,1-3H3,(H,27,36)/t21-/m0/s1. The van der Waals surface area contributed by atoms with E-state index in [0.717, 1.165) is 17.5 Å². The molecule has 1 atom stereocenters. The van der Waals surface area contributed by atoms with Crippen LogP contribution in [0.25, 0.3) is 0 Å². The van der Waals surface area contributed by atoms with Crippen molar-refractivity contribution in [3.05, 3.63) is 81.9 Å². The minimum atomic E-state index is -0.434. The monoisotopic (exact) mass is 509 g/mol. The van der Waals surface area contributed by atoms with Gasteiger partial charge in [0.15, 0.2) is 28.1 Å². The van der Waals surface area contributed by atoms with Crippen molar-refractivity contribution in [2.45, 2.75) is 12.5 Å². The Bertz CT molecular complexity index is 1250. The van der Waals surface area contributed by atoms with Crippen LogP contribution in [0.3, 0.4) is 0 Å². The number of para-hydroxylation sites is 2. The van der Waals surface area contributed by atoms with Crippen molar-refractivity contribution in [1.29, 1.82) is 0 Å². The van der Waals surface area contributed by atoms with Crippen LogP contribution in [0.5, 0.6) is 23.0 Å². The van der Waals surface area contributed by atoms with Gasteiger partial charge in [-0.2, -0.15) is 0 Å². The highest BCUT2D eigenvalue weighted by Gasteiger charge is 2.32. The summed E-state index contributed by atoms with van der Waals surface area (Å²) in [6.07, 6.45) is 0.739. The van der Waals surface area contributed by atoms with Crippen molar-refractivity contribution in [3.8, 4) is 23.0 Å². The molecule has 188 valence electrons. The first-order valence-corrected chi connectivity index (χ1v) is 11.7. The van der Waals surface area contributed by atoms with Crippen molar-refractivity contribution in [1.82, 2.24) is 4.90 Å². The molecule has 10 heteroatoms. The van der Waals surface area contributed by atoms with E-state index >= 15 is 0 Å². The third-order valence-corrected chi connectivity index (χ3v) is 6.40. The van der Waals surface area contributed by atoms with Gasteiger partial charge in [0, 0.05) is 24.4 Å². The summed E-state index contributed by atoms with van der Waals surface area (Å²) < 4.78 is 22.7. The first-order valence-electron chi connectivity index (χ1n) is 11.3. The highest BCUT2D eigenvalue weighted by Crippen LogP contribution is 2.39. The van der Waals surface area contributed by atoms with Crippen LogP contribution < -0.4 is 24.3 Å². The number of nitro benzene ring substituents is 1. The topological polar surface area (TPSA) is 95.3 Å². The molecule has 1 aliphatic heterocycles. The summed E-state index contributed by atoms with van der Waals surface area (Å²) in [5.41, 5.74) is 2.81. The Kier molecular flexibility index (Phi) is 7.74. The van der Waals surface area contributed by atoms with Gasteiger partial charge >= 0.3 is 0 Å². The average molecular weight is 510 g/mol. The maximum absolute atomic E-state index is 11.0. The minimum Gasteiger partial charge on any atom is -0.493 e. The van der Waals surface area contributed by atoms with E-state index in [2.05, 4.69) is 10.2 Å². The molecule has 0 radical (unpaired) electrons. The van der Waals surface area contributed by atoms with Gasteiger partial charge in [0.25, 0.3) is 5.69 Å². The van der Waals surface area contributed by atoms with E-state index in [0.29, 0.717) is 46.9 Å². The second kappa shape index (κ2) is 11.1. The van der Waals surface area contributed by atoms with Crippen molar-refractivity contribution in [2.24, 2.45) is 0 Å². The number of fused-ring (bicyclic) bond motifs is 1. The fraction of sp³-hybridized carbons (Fsp3) is 0.269. The van der Waals surface area contributed by atoms with Crippen molar-refractivity contribution in [3.63, 3.8) is 0 Å². The van der Waals surface area contributed by atoms with Gasteiger partial charge in [-0.25, -0.2) is 0 Å². The molecule has 0 unspecified atom stereocenters. The van der Waals surface area contributed by atoms with Gasteiger partial charge in [-0.3, -0.25) is 10.1 Å². The number of rotatable bonds is 8. The Morgan fingerprint density at radius 3 is 2.28 bits per heavy atom. The molecule has 4 rings (SSSR count). The molecule has 0 saturated heterocycles. The summed E-state index contributed by atoms with van der Waals surface area (Å²) in [6.45, 7) is 0.937. The maximum Gasteiger partial charge on any atom is 0.269 e. The third-order valence-electron chi connectivity index (χ3n) is 6.06. The second-order valence-electron chi connectivity index (χ2n) is 8.06. The molecule has 0 spiro atoms. The largest absolute Gasteiger partial charge is 0.493 e. The van der Waals surface area contributed by atoms with E-state index in [1.807, 2.05) is 36.4 Å². The van der Waals surface area contributed by atoms with E-state index in [4.69, 9.17) is 31.2 Å². The smallest absolute Gasteiger partial charge is 0.269 e. The highest BCUT2D eigenvalue weighted by atomic mass is 32.1. The van der Waals surface area contributed by atoms with E-state index in [1.165, 1.54) is 12.1 Å². The SMILES string of the molecule is COc1cc2c(cc1OC)[C@H](COc1ccccc1OC)N(C(=S)Nc1ccc([N+](=O)[O-])cc1)CC2. The van der Waals surface area contributed by atoms with E-state index in [1.54, 1.807) is 33.5 Å². The third kappa shape index (κ3) is 5.28. The summed E-state index contributed by atoms with van der Waals surface area (Å²) in [6, 6.07) is 17.3. The second-order valence-corrected chi connectivity index (χ2v) is 8.45. The number of non-ortho nitro benzene ring substituents is 1. The zero-order chi connectivity index (χ0) is 25.7. The molecule has 9 nitrogen and oxygen atoms in total. The van der Waals surface area contributed by atoms with E-state index in [9.17, 15) is 10.1 Å². The van der Waals surface area contributed by atoms with Gasteiger partial charge in [0.1, 0.15) is 6.61 Å². The zero-order valence-corrected chi connectivity index (χ0v) is 21.0. The first-order chi connectivity index (χ1) is 17.4. The summed E-state index contributed by atoms with van der Waals surface area (Å²) in [5, 5.41) is 14.7. The molecular formula is C26H27N3O6S. The lowest BCUT2D eigenvalue weighted by Crippen LogP contribution is -2.44. The van der Waals surface area contributed by atoms with Gasteiger partial charge in [0.05, 0.1) is 32.3 Å². The molecule has 1 N–H and O–H groups in total. The van der Waals surface area contributed by atoms with Crippen LogP contribution in [0.15, 0.2) is 60.7 Å². The number of hydrogen-bond donors (Lipinski definition) is 1. The molecule has 0 aliphatic carbocycles. The highest BCUT2D eigenvalue weighted by molar-refractivity contribution is 7.80. The van der Waals surface area contributed by atoms with Crippen molar-refractivity contribution < 1.29 is 23.9 Å². The predicted molar refractivity (Wildman–Crippen MR) is 141 cm³/mol. The number of hydrogen-bond acceptors (Lipinski definition) is 7. The number of methoxy groups -OCH3 is 3. The van der Waals surface area contributed by atoms with Gasteiger partial charge in [-0.05, 0) is 66.2 Å². The fourth-order valence-corrected chi connectivity index (χ4v) is 4.56. The summed E-state index contributed by atoms with van der Waals surface area (Å²) >= 11 is 5.78. The summed E-state index contributed by atoms with van der Waals surface area (Å²) in [7, 11) is 4.82. The fourth-order valence-electron chi connectivity index (χ4n) is 4.22. The number of ether oxygens (including phenoxy) is 4. The lowest BCUT2D eigenvalue weighted by molar-refractivity contribution is -0.384. The van der Waals surface area contributed by atoms with Crippen LogP contribution in [-0.4, -0.2) is 49.4 Å². The predicted octanol–water partition coefficient (Wildman–Crippen LogP) is 5.00. The molecule has 3 aromatic rings. The van der Waals surface area contributed by atoms with Crippen LogP contribution in [0.4, 0.5) is 11.4 Å². The number of nitrogens with one attached hydrogen (secondary N) is 1. The van der Waals surface area contributed by atoms with Gasteiger partial charge in [-0.1, -0.05) is 12.1 Å². The number of thiocarbonyl (C=S) groups is 1. The number of nitrogens with zero attached hydrogens (tertiary/aromatic N) is 2. The molecule has 0 aromatic heterocycles. The lowest BCUT2D eigenvalue weighted by Gasteiger charge is -2.39. The van der Waals surface area contributed by atoms with Crippen LogP contribution in [0.2, 0.25) is 0 Å². The van der Waals surface area contributed by atoms with Crippen LogP contribution in [-0.2, 0) is 6.42 Å². The van der Waals surface area contributed by atoms with Crippen LogP contribution in [0.1, 0.15) is 17.2 Å². The van der Waals surface area contributed by atoms with Crippen molar-refractivity contribution in [2.75, 3.05) is 39.8 Å². The average Bonchev–Trinajstić information content (AvgIpc) is 2.91. The normalized spacial score (nSPS) is 14.4. The molecule has 3 aromatic carbocycles. The molecule has 36 heavy (non-hydrogen) atoms. The lowest BCUT2D eigenvalue weighted by atomic mass is 9.92. The number of nitro groups is 1. The summed E-state index contributed by atoms with van der Waals surface area (Å²) in [5.74, 6) is 2.55. The Morgan fingerprint density at radius 1 is 1.00 bits per heavy atom. The molecule has 0 saturated carbocycles. The van der Waals surface area contributed by atoms with Crippen LogP contribution in [0, 0.1) is 10.1 Å². The zero-order valence-electron chi connectivity index (χ0n) is 20.2. The quantitative estimate of drug-likeness (QED) is 0.256. The molecular weight excluding hydrogens is 482 g/mol. The van der Waals surface area contributed by atoms with Gasteiger partial charge in [-0.15, -0.1) is 0 Å². The molecule has 0 bridgehead atoms. The molecule has 0 amide bonds. The number of benzene rings is 3. The molecule has 1 heterocycles. The van der Waals surface area contributed by atoms with Gasteiger partial charge < -0.3 is 29.2 Å². The molecule has 1 aliphatic rings. The minimum absolute atomic E-state index is 0.0162. The van der Waals surface area contributed by atoms with Crippen LogP contribution >= 0.6 is 12.2 Å². The Morgan fingerprint density at radius 2 is 1.64 bits per heavy atom. The Labute approximate surface area is 214 Å². The Hall–Kier alpha value is -4.05.